The highest BCUT2D eigenvalue weighted by molar-refractivity contribution is 4.90. The molecule has 1 aliphatic heterocycles. The van der Waals surface area contributed by atoms with E-state index in [-0.39, 0.29) is 34.6 Å². The van der Waals surface area contributed by atoms with Gasteiger partial charge in [0.1, 0.15) is 17.8 Å². The molecule has 3 atom stereocenters. The van der Waals surface area contributed by atoms with Crippen LogP contribution >= 0.6 is 0 Å². The molecule has 1 N–H and O–H groups in total. The molecule has 0 amide bonds. The highest BCUT2D eigenvalue weighted by atomic mass is 16.6. The van der Waals surface area contributed by atoms with Crippen LogP contribution < -0.4 is 11.2 Å². The van der Waals surface area contributed by atoms with E-state index < -0.39 is 6.23 Å². The third-order valence-corrected chi connectivity index (χ3v) is 3.94. The van der Waals surface area contributed by atoms with Crippen LogP contribution in [0, 0.1) is 5.41 Å². The van der Waals surface area contributed by atoms with Crippen molar-refractivity contribution in [1.82, 2.24) is 9.13 Å². The van der Waals surface area contributed by atoms with E-state index >= 15 is 0 Å². The molecule has 0 spiro atoms. The fourth-order valence-corrected chi connectivity index (χ4v) is 2.75. The van der Waals surface area contributed by atoms with E-state index in [1.807, 2.05) is 41.5 Å². The maximum Gasteiger partial charge on any atom is 0.331 e. The van der Waals surface area contributed by atoms with Crippen molar-refractivity contribution in [1.29, 1.82) is 5.41 Å². The van der Waals surface area contributed by atoms with Crippen LogP contribution in [0.4, 0.5) is 0 Å². The van der Waals surface area contributed by atoms with Crippen LogP contribution in [0.15, 0.2) is 17.1 Å². The lowest BCUT2D eigenvalue weighted by molar-refractivity contribution is -0.132. The van der Waals surface area contributed by atoms with Crippen LogP contribution in [0.25, 0.3) is 0 Å². The second-order valence-electron chi connectivity index (χ2n) is 8.51. The first-order chi connectivity index (χ1) is 11.4. The molecular formula is C18H31N3O4. The van der Waals surface area contributed by atoms with Gasteiger partial charge in [-0.2, -0.15) is 0 Å². The molecule has 1 aromatic heterocycles. The van der Waals surface area contributed by atoms with E-state index in [9.17, 15) is 4.79 Å². The van der Waals surface area contributed by atoms with Gasteiger partial charge in [0.25, 0.3) is 0 Å². The quantitative estimate of drug-likeness (QED) is 0.897. The second-order valence-corrected chi connectivity index (χ2v) is 8.51. The minimum Gasteiger partial charge on any atom is -0.373 e. The van der Waals surface area contributed by atoms with Crippen molar-refractivity contribution < 1.29 is 14.2 Å². The van der Waals surface area contributed by atoms with Gasteiger partial charge in [-0.15, -0.1) is 0 Å². The fourth-order valence-electron chi connectivity index (χ4n) is 2.75. The maximum atomic E-state index is 12.4. The van der Waals surface area contributed by atoms with E-state index in [0.29, 0.717) is 13.0 Å². The molecule has 142 valence electrons. The summed E-state index contributed by atoms with van der Waals surface area (Å²) in [6.45, 7) is 12.4. The number of hydrogen-bond acceptors (Lipinski definition) is 5. The molecule has 0 saturated carbocycles. The molecule has 1 aliphatic rings. The van der Waals surface area contributed by atoms with Gasteiger partial charge in [-0.05, 0) is 47.6 Å². The maximum absolute atomic E-state index is 12.4. The number of nitrogens with zero attached hydrogens (tertiary/aromatic N) is 2. The van der Waals surface area contributed by atoms with Gasteiger partial charge in [0.2, 0.25) is 0 Å². The van der Waals surface area contributed by atoms with Gasteiger partial charge in [-0.3, -0.25) is 14.5 Å². The van der Waals surface area contributed by atoms with Crippen molar-refractivity contribution in [3.63, 3.8) is 0 Å². The average Bonchev–Trinajstić information content (AvgIpc) is 2.82. The molecule has 25 heavy (non-hydrogen) atoms. The van der Waals surface area contributed by atoms with E-state index in [1.54, 1.807) is 19.3 Å². The third-order valence-electron chi connectivity index (χ3n) is 3.94. The highest BCUT2D eigenvalue weighted by Gasteiger charge is 2.40. The van der Waals surface area contributed by atoms with E-state index in [1.165, 1.54) is 9.13 Å². The molecule has 7 nitrogen and oxygen atoms in total. The van der Waals surface area contributed by atoms with Gasteiger partial charge in [0, 0.05) is 19.7 Å². The Hall–Kier alpha value is -1.44. The molecule has 2 heterocycles. The summed E-state index contributed by atoms with van der Waals surface area (Å²) in [5.74, 6) is 0. The van der Waals surface area contributed by atoms with Crippen LogP contribution in [-0.2, 0) is 21.3 Å². The molecule has 7 heteroatoms. The first-order valence-electron chi connectivity index (χ1n) is 8.67. The number of rotatable bonds is 4. The molecule has 2 rings (SSSR count). The van der Waals surface area contributed by atoms with Gasteiger partial charge in [-0.1, -0.05) is 0 Å². The summed E-state index contributed by atoms with van der Waals surface area (Å²) < 4.78 is 21.0. The van der Waals surface area contributed by atoms with Crippen molar-refractivity contribution in [2.75, 3.05) is 6.61 Å². The Labute approximate surface area is 149 Å². The molecule has 1 fully saturated rings. The summed E-state index contributed by atoms with van der Waals surface area (Å²) in [6, 6.07) is 1.59. The molecule has 0 bridgehead atoms. The summed E-state index contributed by atoms with van der Waals surface area (Å²) >= 11 is 0. The van der Waals surface area contributed by atoms with E-state index in [2.05, 4.69) is 0 Å². The summed E-state index contributed by atoms with van der Waals surface area (Å²) in [5.41, 5.74) is -0.702. The predicted octanol–water partition coefficient (Wildman–Crippen LogP) is 1.95. The lowest BCUT2D eigenvalue weighted by Gasteiger charge is -2.29. The van der Waals surface area contributed by atoms with Gasteiger partial charge in [0.05, 0.1) is 23.9 Å². The van der Waals surface area contributed by atoms with E-state index in [4.69, 9.17) is 19.6 Å². The summed E-state index contributed by atoms with van der Waals surface area (Å²) in [4.78, 5) is 12.4. The Morgan fingerprint density at radius 1 is 1.24 bits per heavy atom. The van der Waals surface area contributed by atoms with Crippen LogP contribution in [0.5, 0.6) is 0 Å². The Morgan fingerprint density at radius 3 is 2.44 bits per heavy atom. The Bertz CT molecular complexity index is 709. The number of nitrogens with one attached hydrogen (secondary N) is 1. The van der Waals surface area contributed by atoms with Crippen LogP contribution in [-0.4, -0.2) is 39.2 Å². The predicted molar refractivity (Wildman–Crippen MR) is 94.4 cm³/mol. The largest absolute Gasteiger partial charge is 0.373 e. The Morgan fingerprint density at radius 2 is 1.88 bits per heavy atom. The lowest BCUT2D eigenvalue weighted by atomic mass is 10.1. The number of ether oxygens (including phenoxy) is 3. The first kappa shape index (κ1) is 19.9. The Kier molecular flexibility index (Phi) is 5.61. The van der Waals surface area contributed by atoms with Crippen LogP contribution in [0.2, 0.25) is 0 Å². The van der Waals surface area contributed by atoms with Gasteiger partial charge < -0.3 is 14.2 Å². The molecule has 1 saturated heterocycles. The normalized spacial score (nSPS) is 24.7. The smallest absolute Gasteiger partial charge is 0.331 e. The number of hydrogen-bond donors (Lipinski definition) is 1. The standard InChI is InChI=1S/C18H31N3O4/c1-17(2,3)23-11-13-12(25-18(4,5)6)10-15(24-13)21-9-8-14(19)20(7)16(21)22/h8-9,12-13,15,19H,10-11H2,1-7H3/t12?,13-,15-/m1/s1. The van der Waals surface area contributed by atoms with E-state index in [0.717, 1.165) is 0 Å². The minimum atomic E-state index is -0.430. The van der Waals surface area contributed by atoms with Gasteiger partial charge >= 0.3 is 5.69 Å². The van der Waals surface area contributed by atoms with Crippen molar-refractivity contribution >= 4 is 0 Å². The molecule has 0 radical (unpaired) electrons. The Balaban J connectivity index is 2.24. The molecule has 0 aliphatic carbocycles. The fraction of sp³-hybridized carbons (Fsp3) is 0.778. The topological polar surface area (TPSA) is 78.5 Å². The van der Waals surface area contributed by atoms with Crippen molar-refractivity contribution in [2.45, 2.75) is 77.6 Å². The molecular weight excluding hydrogens is 322 g/mol. The summed E-state index contributed by atoms with van der Waals surface area (Å²) in [7, 11) is 1.58. The zero-order chi connectivity index (χ0) is 19.0. The molecule has 1 unspecified atom stereocenters. The summed E-state index contributed by atoms with van der Waals surface area (Å²) in [6.07, 6.45) is 1.32. The molecule has 1 aromatic rings. The SMILES string of the molecule is Cn1c(=N)ccn([C@H]2CC(OC(C)(C)C)[C@@H](COC(C)(C)C)O2)c1=O. The lowest BCUT2D eigenvalue weighted by Crippen LogP contribution is -2.39. The monoisotopic (exact) mass is 353 g/mol. The highest BCUT2D eigenvalue weighted by Crippen LogP contribution is 2.33. The zero-order valence-electron chi connectivity index (χ0n) is 16.3. The zero-order valence-corrected chi connectivity index (χ0v) is 16.3. The molecule has 0 aromatic carbocycles. The van der Waals surface area contributed by atoms with Crippen molar-refractivity contribution in [2.24, 2.45) is 7.05 Å². The average molecular weight is 353 g/mol. The van der Waals surface area contributed by atoms with Gasteiger partial charge in [0.15, 0.2) is 0 Å². The van der Waals surface area contributed by atoms with Gasteiger partial charge in [-0.25, -0.2) is 4.79 Å². The second kappa shape index (κ2) is 7.05. The van der Waals surface area contributed by atoms with Crippen molar-refractivity contribution in [3.05, 3.63) is 28.2 Å². The first-order valence-corrected chi connectivity index (χ1v) is 8.67. The van der Waals surface area contributed by atoms with Crippen molar-refractivity contribution in [3.8, 4) is 0 Å². The van der Waals surface area contributed by atoms with Crippen LogP contribution in [0.3, 0.4) is 0 Å². The third kappa shape index (κ3) is 5.26. The van der Waals surface area contributed by atoms with Crippen LogP contribution in [0.1, 0.15) is 54.2 Å². The minimum absolute atomic E-state index is 0.161. The summed E-state index contributed by atoms with van der Waals surface area (Å²) in [5, 5.41) is 7.72. The number of aromatic nitrogens is 2.